The summed E-state index contributed by atoms with van der Waals surface area (Å²) >= 11 is 6.12. The standard InChI is InChI=1S/C19H27ClO/c20-13-14-11-17(15-7-3-1-4-8-15)19(21)18(12-14)16-9-5-2-6-10-16/h11-12,15-16,21H,1-10,13H2. The zero-order chi connectivity index (χ0) is 14.7. The average Bonchev–Trinajstić information content (AvgIpc) is 2.57. The van der Waals surface area contributed by atoms with Crippen molar-refractivity contribution in [3.8, 4) is 5.75 Å². The van der Waals surface area contributed by atoms with Crippen molar-refractivity contribution in [3.05, 3.63) is 28.8 Å². The first kappa shape index (κ1) is 15.2. The van der Waals surface area contributed by atoms with Crippen LogP contribution < -0.4 is 0 Å². The molecule has 0 aliphatic heterocycles. The number of hydrogen-bond donors (Lipinski definition) is 1. The highest BCUT2D eigenvalue weighted by molar-refractivity contribution is 6.17. The fourth-order valence-corrected chi connectivity index (χ4v) is 4.43. The third kappa shape index (κ3) is 3.39. The first-order valence-electron chi connectivity index (χ1n) is 8.71. The Morgan fingerprint density at radius 3 is 1.62 bits per heavy atom. The lowest BCUT2D eigenvalue weighted by Gasteiger charge is -2.28. The van der Waals surface area contributed by atoms with Gasteiger partial charge in [0.2, 0.25) is 0 Å². The van der Waals surface area contributed by atoms with E-state index in [1.54, 1.807) is 0 Å². The Hall–Kier alpha value is -0.690. The summed E-state index contributed by atoms with van der Waals surface area (Å²) in [7, 11) is 0. The summed E-state index contributed by atoms with van der Waals surface area (Å²) in [5, 5.41) is 10.9. The van der Waals surface area contributed by atoms with Crippen molar-refractivity contribution in [3.63, 3.8) is 0 Å². The van der Waals surface area contributed by atoms with Crippen LogP contribution in [0.4, 0.5) is 0 Å². The summed E-state index contributed by atoms with van der Waals surface area (Å²) in [5.74, 6) is 2.25. The van der Waals surface area contributed by atoms with Crippen LogP contribution in [0.5, 0.6) is 5.75 Å². The van der Waals surface area contributed by atoms with Crippen LogP contribution in [0.2, 0.25) is 0 Å². The highest BCUT2D eigenvalue weighted by atomic mass is 35.5. The molecular formula is C19H27ClO. The minimum absolute atomic E-state index is 0.546. The number of halogens is 1. The normalized spacial score (nSPS) is 21.6. The lowest BCUT2D eigenvalue weighted by molar-refractivity contribution is 0.393. The van der Waals surface area contributed by atoms with Crippen LogP contribution in [0, 0.1) is 0 Å². The van der Waals surface area contributed by atoms with E-state index in [0.717, 1.165) is 0 Å². The van der Waals surface area contributed by atoms with Crippen LogP contribution >= 0.6 is 11.6 Å². The highest BCUT2D eigenvalue weighted by Gasteiger charge is 2.25. The van der Waals surface area contributed by atoms with Crippen LogP contribution in [0.1, 0.15) is 92.7 Å². The summed E-state index contributed by atoms with van der Waals surface area (Å²) < 4.78 is 0. The highest BCUT2D eigenvalue weighted by Crippen LogP contribution is 2.44. The Bertz CT molecular complexity index is 431. The molecule has 2 fully saturated rings. The second-order valence-electron chi connectivity index (χ2n) is 6.93. The van der Waals surface area contributed by atoms with Crippen molar-refractivity contribution >= 4 is 11.6 Å². The smallest absolute Gasteiger partial charge is 0.122 e. The van der Waals surface area contributed by atoms with Crippen molar-refractivity contribution in [1.82, 2.24) is 0 Å². The third-order valence-corrected chi connectivity index (χ3v) is 5.78. The molecule has 2 aliphatic rings. The molecule has 1 N–H and O–H groups in total. The van der Waals surface area contributed by atoms with E-state index in [-0.39, 0.29) is 0 Å². The molecule has 0 radical (unpaired) electrons. The Morgan fingerprint density at radius 1 is 0.810 bits per heavy atom. The molecule has 0 saturated heterocycles. The van der Waals surface area contributed by atoms with Crippen LogP contribution in [-0.2, 0) is 5.88 Å². The van der Waals surface area contributed by atoms with Crippen LogP contribution in [0.25, 0.3) is 0 Å². The van der Waals surface area contributed by atoms with E-state index in [9.17, 15) is 5.11 Å². The maximum atomic E-state index is 10.9. The number of phenols is 1. The molecule has 0 heterocycles. The molecule has 2 saturated carbocycles. The molecule has 1 nitrogen and oxygen atoms in total. The molecule has 0 spiro atoms. The van der Waals surface area contributed by atoms with Gasteiger partial charge in [-0.2, -0.15) is 0 Å². The van der Waals surface area contributed by atoms with Crippen LogP contribution in [0.15, 0.2) is 12.1 Å². The predicted octanol–water partition coefficient (Wildman–Crippen LogP) is 6.23. The van der Waals surface area contributed by atoms with E-state index in [1.165, 1.54) is 80.9 Å². The molecule has 3 rings (SSSR count). The van der Waals surface area contributed by atoms with E-state index in [1.807, 2.05) is 0 Å². The molecule has 0 aromatic heterocycles. The molecule has 0 amide bonds. The molecule has 0 unspecified atom stereocenters. The largest absolute Gasteiger partial charge is 0.507 e. The van der Waals surface area contributed by atoms with Gasteiger partial charge < -0.3 is 5.11 Å². The summed E-state index contributed by atoms with van der Waals surface area (Å²) in [6.45, 7) is 0. The Kier molecular flexibility index (Phi) is 5.11. The SMILES string of the molecule is Oc1c(C2CCCCC2)cc(CCl)cc1C1CCCCC1. The van der Waals surface area contributed by atoms with E-state index in [4.69, 9.17) is 11.6 Å². The summed E-state index contributed by atoms with van der Waals surface area (Å²) in [6, 6.07) is 4.34. The van der Waals surface area contributed by atoms with Gasteiger partial charge in [0, 0.05) is 5.88 Å². The van der Waals surface area contributed by atoms with E-state index in [2.05, 4.69) is 12.1 Å². The molecule has 1 aromatic carbocycles. The van der Waals surface area contributed by atoms with Crippen molar-refractivity contribution in [2.45, 2.75) is 81.9 Å². The molecule has 116 valence electrons. The molecule has 0 bridgehead atoms. The van der Waals surface area contributed by atoms with Gasteiger partial charge in [-0.15, -0.1) is 11.6 Å². The number of benzene rings is 1. The van der Waals surface area contributed by atoms with Crippen molar-refractivity contribution in [2.75, 3.05) is 0 Å². The van der Waals surface area contributed by atoms with Crippen molar-refractivity contribution in [1.29, 1.82) is 0 Å². The van der Waals surface area contributed by atoms with Crippen LogP contribution in [-0.4, -0.2) is 5.11 Å². The minimum Gasteiger partial charge on any atom is -0.507 e. The number of hydrogen-bond acceptors (Lipinski definition) is 1. The Labute approximate surface area is 133 Å². The molecule has 1 aromatic rings. The maximum Gasteiger partial charge on any atom is 0.122 e. The quantitative estimate of drug-likeness (QED) is 0.657. The molecular weight excluding hydrogens is 280 g/mol. The van der Waals surface area contributed by atoms with Gasteiger partial charge in [-0.3, -0.25) is 0 Å². The first-order valence-corrected chi connectivity index (χ1v) is 9.24. The Balaban J connectivity index is 1.94. The number of phenolic OH excluding ortho intramolecular Hbond substituents is 1. The fraction of sp³-hybridized carbons (Fsp3) is 0.684. The van der Waals surface area contributed by atoms with Crippen molar-refractivity contribution in [2.24, 2.45) is 0 Å². The lowest BCUT2D eigenvalue weighted by atomic mass is 9.78. The zero-order valence-corrected chi connectivity index (χ0v) is 13.7. The molecule has 21 heavy (non-hydrogen) atoms. The third-order valence-electron chi connectivity index (χ3n) is 5.47. The topological polar surface area (TPSA) is 20.2 Å². The van der Waals surface area contributed by atoms with E-state index in [0.29, 0.717) is 23.5 Å². The second kappa shape index (κ2) is 7.05. The summed E-state index contributed by atoms with van der Waals surface area (Å²) in [6.07, 6.45) is 12.8. The molecule has 0 atom stereocenters. The zero-order valence-electron chi connectivity index (χ0n) is 12.9. The minimum atomic E-state index is 0.546. The molecule has 2 heteroatoms. The Morgan fingerprint density at radius 2 is 1.24 bits per heavy atom. The number of rotatable bonds is 3. The summed E-state index contributed by atoms with van der Waals surface area (Å²) in [5.41, 5.74) is 3.57. The number of aromatic hydroxyl groups is 1. The number of alkyl halides is 1. The van der Waals surface area contributed by atoms with Gasteiger partial charge >= 0.3 is 0 Å². The van der Waals surface area contributed by atoms with E-state index >= 15 is 0 Å². The van der Waals surface area contributed by atoms with Gasteiger partial charge in [-0.05, 0) is 54.2 Å². The second-order valence-corrected chi connectivity index (χ2v) is 7.19. The average molecular weight is 307 g/mol. The van der Waals surface area contributed by atoms with Gasteiger partial charge in [0.05, 0.1) is 0 Å². The van der Waals surface area contributed by atoms with Gasteiger partial charge in [0.1, 0.15) is 5.75 Å². The van der Waals surface area contributed by atoms with E-state index < -0.39 is 0 Å². The fourth-order valence-electron chi connectivity index (χ4n) is 4.27. The van der Waals surface area contributed by atoms with Gasteiger partial charge in [-0.25, -0.2) is 0 Å². The van der Waals surface area contributed by atoms with Gasteiger partial charge in [0.25, 0.3) is 0 Å². The monoisotopic (exact) mass is 306 g/mol. The van der Waals surface area contributed by atoms with Crippen LogP contribution in [0.3, 0.4) is 0 Å². The predicted molar refractivity (Wildman–Crippen MR) is 89.3 cm³/mol. The first-order chi connectivity index (χ1) is 10.3. The van der Waals surface area contributed by atoms with Gasteiger partial charge in [0.15, 0.2) is 0 Å². The van der Waals surface area contributed by atoms with Crippen molar-refractivity contribution < 1.29 is 5.11 Å². The summed E-state index contributed by atoms with van der Waals surface area (Å²) in [4.78, 5) is 0. The molecule has 2 aliphatic carbocycles. The van der Waals surface area contributed by atoms with Gasteiger partial charge in [-0.1, -0.05) is 50.7 Å². The lowest BCUT2D eigenvalue weighted by Crippen LogP contribution is -2.10. The maximum absolute atomic E-state index is 10.9.